The third-order valence-electron chi connectivity index (χ3n) is 8.09. The fourth-order valence-corrected chi connectivity index (χ4v) is 6.10. The van der Waals surface area contributed by atoms with Gasteiger partial charge in [-0.05, 0) is 61.7 Å². The highest BCUT2D eigenvalue weighted by Crippen LogP contribution is 2.68. The van der Waals surface area contributed by atoms with Crippen LogP contribution in [0.4, 0.5) is 0 Å². The second kappa shape index (κ2) is 5.75. The maximum atomic E-state index is 11.0. The molecule has 3 nitrogen and oxygen atoms in total. The number of carboxylic acid groups (broad SMARTS) is 1. The van der Waals surface area contributed by atoms with E-state index in [-0.39, 0.29) is 11.5 Å². The lowest BCUT2D eigenvalue weighted by Crippen LogP contribution is -2.56. The van der Waals surface area contributed by atoms with E-state index >= 15 is 0 Å². The van der Waals surface area contributed by atoms with Gasteiger partial charge in [0.1, 0.15) is 0 Å². The number of hydrogen-bond donors (Lipinski definition) is 1. The number of fused-ring (bicyclic) bond motifs is 2. The Morgan fingerprint density at radius 1 is 1.30 bits per heavy atom. The molecule has 0 radical (unpaired) electrons. The third-order valence-corrected chi connectivity index (χ3v) is 8.09. The summed E-state index contributed by atoms with van der Waals surface area (Å²) in [6.45, 7) is 10.5. The van der Waals surface area contributed by atoms with Crippen LogP contribution in [0.1, 0.15) is 79.1 Å². The predicted molar refractivity (Wildman–Crippen MR) is 91.3 cm³/mol. The number of carboxylic acids is 1. The van der Waals surface area contributed by atoms with Crippen molar-refractivity contribution in [2.75, 3.05) is 6.61 Å². The van der Waals surface area contributed by atoms with Crippen LogP contribution in [0, 0.1) is 28.6 Å². The summed E-state index contributed by atoms with van der Waals surface area (Å²) in [4.78, 5) is 11.0. The second-order valence-corrected chi connectivity index (χ2v) is 9.33. The van der Waals surface area contributed by atoms with Gasteiger partial charge in [-0.15, -0.1) is 0 Å². The number of epoxide rings is 1. The maximum Gasteiger partial charge on any atom is 0.303 e. The minimum Gasteiger partial charge on any atom is -0.481 e. The van der Waals surface area contributed by atoms with Gasteiger partial charge >= 0.3 is 5.97 Å². The molecule has 6 atom stereocenters. The van der Waals surface area contributed by atoms with Gasteiger partial charge < -0.3 is 9.84 Å². The smallest absolute Gasteiger partial charge is 0.303 e. The van der Waals surface area contributed by atoms with Crippen molar-refractivity contribution >= 4 is 5.97 Å². The molecule has 1 aliphatic heterocycles. The lowest BCUT2D eigenvalue weighted by atomic mass is 9.44. The first kappa shape index (κ1) is 17.3. The molecule has 2 aliphatic carbocycles. The molecule has 2 saturated carbocycles. The number of rotatable bonds is 5. The zero-order valence-electron chi connectivity index (χ0n) is 15.4. The zero-order valence-corrected chi connectivity index (χ0v) is 15.4. The molecule has 3 aliphatic rings. The number of hydrogen-bond acceptors (Lipinski definition) is 2. The van der Waals surface area contributed by atoms with Gasteiger partial charge in [-0.3, -0.25) is 4.79 Å². The third kappa shape index (κ3) is 2.73. The van der Waals surface area contributed by atoms with E-state index in [1.165, 1.54) is 38.5 Å². The lowest BCUT2D eigenvalue weighted by molar-refractivity contribution is -0.138. The van der Waals surface area contributed by atoms with Crippen LogP contribution >= 0.6 is 0 Å². The van der Waals surface area contributed by atoms with Gasteiger partial charge in [0, 0.05) is 11.8 Å². The summed E-state index contributed by atoms with van der Waals surface area (Å²) in [5.74, 6) is 1.07. The van der Waals surface area contributed by atoms with Gasteiger partial charge in [0.05, 0.1) is 12.2 Å². The minimum atomic E-state index is -0.660. The largest absolute Gasteiger partial charge is 0.481 e. The summed E-state index contributed by atoms with van der Waals surface area (Å²) in [5, 5.41) is 9.03. The van der Waals surface area contributed by atoms with Crippen molar-refractivity contribution < 1.29 is 14.6 Å². The predicted octanol–water partition coefficient (Wildman–Crippen LogP) is 4.89. The van der Waals surface area contributed by atoms with Crippen LogP contribution in [-0.2, 0) is 9.53 Å². The van der Waals surface area contributed by atoms with E-state index in [0.717, 1.165) is 24.9 Å². The molecule has 0 aromatic rings. The monoisotopic (exact) mass is 322 g/mol. The number of aliphatic carboxylic acids is 1. The summed E-state index contributed by atoms with van der Waals surface area (Å²) >= 11 is 0. The van der Waals surface area contributed by atoms with Gasteiger partial charge in [-0.1, -0.05) is 34.1 Å². The van der Waals surface area contributed by atoms with Crippen molar-refractivity contribution in [1.29, 1.82) is 0 Å². The Labute approximate surface area is 141 Å². The highest BCUT2D eigenvalue weighted by atomic mass is 16.6. The van der Waals surface area contributed by atoms with E-state index in [4.69, 9.17) is 9.84 Å². The molecule has 1 N–H and O–H groups in total. The van der Waals surface area contributed by atoms with Crippen molar-refractivity contribution in [3.05, 3.63) is 0 Å². The molecule has 1 saturated heterocycles. The Kier molecular flexibility index (Phi) is 4.32. The van der Waals surface area contributed by atoms with E-state index in [9.17, 15) is 4.79 Å². The molecule has 0 amide bonds. The summed E-state index contributed by atoms with van der Waals surface area (Å²) in [7, 11) is 0. The Bertz CT molecular complexity index is 470. The standard InChI is InChI=1S/C20H34O3/c1-14(12-17(21)22)7-10-18(3)15(2)8-11-19(4)16(18)6-5-9-20(19)13-23-20/h14-16H,5-13H2,1-4H3,(H,21,22)/t14-,15-,16-,18+,19-,20+/m1/s1. The fraction of sp³-hybridized carbons (Fsp3) is 0.950. The highest BCUT2D eigenvalue weighted by Gasteiger charge is 2.67. The summed E-state index contributed by atoms with van der Waals surface area (Å²) in [6, 6.07) is 0. The quantitative estimate of drug-likeness (QED) is 0.733. The first-order valence-corrected chi connectivity index (χ1v) is 9.59. The SMILES string of the molecule is C[C@H](CC[C@@]1(C)[C@H](C)CC[C@]2(C)[C@@H]1CCC[C@]21CO1)CC(=O)O. The van der Waals surface area contributed by atoms with E-state index in [2.05, 4.69) is 27.7 Å². The van der Waals surface area contributed by atoms with Crippen molar-refractivity contribution in [2.45, 2.75) is 84.7 Å². The Morgan fingerprint density at radius 2 is 2.00 bits per heavy atom. The molecule has 0 unspecified atom stereocenters. The van der Waals surface area contributed by atoms with Crippen LogP contribution < -0.4 is 0 Å². The molecule has 132 valence electrons. The van der Waals surface area contributed by atoms with Crippen molar-refractivity contribution in [3.8, 4) is 0 Å². The van der Waals surface area contributed by atoms with E-state index in [0.29, 0.717) is 17.3 Å². The average Bonchev–Trinajstić information content (AvgIpc) is 3.25. The zero-order chi connectivity index (χ0) is 16.9. The summed E-state index contributed by atoms with van der Waals surface area (Å²) < 4.78 is 6.04. The highest BCUT2D eigenvalue weighted by molar-refractivity contribution is 5.66. The first-order valence-electron chi connectivity index (χ1n) is 9.59. The van der Waals surface area contributed by atoms with Crippen LogP contribution in [0.25, 0.3) is 0 Å². The van der Waals surface area contributed by atoms with Crippen molar-refractivity contribution in [2.24, 2.45) is 28.6 Å². The first-order chi connectivity index (χ1) is 10.7. The number of ether oxygens (including phenoxy) is 1. The van der Waals surface area contributed by atoms with Gasteiger partial charge in [-0.25, -0.2) is 0 Å². The van der Waals surface area contributed by atoms with Gasteiger partial charge in [0.15, 0.2) is 0 Å². The van der Waals surface area contributed by atoms with Crippen LogP contribution in [-0.4, -0.2) is 23.3 Å². The Hall–Kier alpha value is -0.570. The maximum absolute atomic E-state index is 11.0. The average molecular weight is 322 g/mol. The van der Waals surface area contributed by atoms with E-state index < -0.39 is 5.97 Å². The van der Waals surface area contributed by atoms with Crippen LogP contribution in [0.15, 0.2) is 0 Å². The van der Waals surface area contributed by atoms with E-state index in [1.807, 2.05) is 0 Å². The Morgan fingerprint density at radius 3 is 2.61 bits per heavy atom. The molecule has 3 heteroatoms. The van der Waals surface area contributed by atoms with Crippen molar-refractivity contribution in [1.82, 2.24) is 0 Å². The van der Waals surface area contributed by atoms with Crippen LogP contribution in [0.5, 0.6) is 0 Å². The number of carbonyl (C=O) groups is 1. The molecular weight excluding hydrogens is 288 g/mol. The normalized spacial score (nSPS) is 47.1. The molecular formula is C20H34O3. The minimum absolute atomic E-state index is 0.185. The van der Waals surface area contributed by atoms with Gasteiger partial charge in [0.2, 0.25) is 0 Å². The molecule has 0 bridgehead atoms. The molecule has 0 aromatic carbocycles. The van der Waals surface area contributed by atoms with Crippen LogP contribution in [0.2, 0.25) is 0 Å². The topological polar surface area (TPSA) is 49.8 Å². The molecule has 3 fully saturated rings. The van der Waals surface area contributed by atoms with Gasteiger partial charge in [-0.2, -0.15) is 0 Å². The Balaban J connectivity index is 1.77. The summed E-state index contributed by atoms with van der Waals surface area (Å²) in [5.41, 5.74) is 0.853. The summed E-state index contributed by atoms with van der Waals surface area (Å²) in [6.07, 6.45) is 8.98. The van der Waals surface area contributed by atoms with Crippen molar-refractivity contribution in [3.63, 3.8) is 0 Å². The molecule has 3 rings (SSSR count). The molecule has 0 aromatic heterocycles. The fourth-order valence-electron chi connectivity index (χ4n) is 6.10. The lowest BCUT2D eigenvalue weighted by Gasteiger charge is -2.60. The molecule has 1 heterocycles. The van der Waals surface area contributed by atoms with Crippen LogP contribution in [0.3, 0.4) is 0 Å². The molecule has 23 heavy (non-hydrogen) atoms. The van der Waals surface area contributed by atoms with Gasteiger partial charge in [0.25, 0.3) is 0 Å². The second-order valence-electron chi connectivity index (χ2n) is 9.33. The molecule has 1 spiro atoms. The van der Waals surface area contributed by atoms with E-state index in [1.54, 1.807) is 0 Å².